The molecule has 0 bridgehead atoms. The topological polar surface area (TPSA) is 65.7 Å². The number of halogens is 6. The number of esters is 1. The molecular formula is C25H12Cl3F3O5. The van der Waals surface area contributed by atoms with E-state index in [1.165, 1.54) is 36.4 Å². The number of fused-ring (bicyclic) bond motifs is 1. The number of carbonyl (C=O) groups excluding carboxylic acids is 1. The van der Waals surface area contributed by atoms with Gasteiger partial charge in [0.25, 0.3) is 5.76 Å². The molecule has 184 valence electrons. The van der Waals surface area contributed by atoms with Crippen molar-refractivity contribution >= 4 is 57.8 Å². The number of carbonyl (C=O) groups is 1. The molecule has 4 rings (SSSR count). The summed E-state index contributed by atoms with van der Waals surface area (Å²) in [6.07, 6.45) is -2.58. The summed E-state index contributed by atoms with van der Waals surface area (Å²) in [6, 6.07) is 13.8. The molecule has 0 aliphatic carbocycles. The van der Waals surface area contributed by atoms with Gasteiger partial charge in [0.05, 0.1) is 20.5 Å². The number of alkyl halides is 3. The summed E-state index contributed by atoms with van der Waals surface area (Å²) >= 11 is 17.7. The molecule has 0 spiro atoms. The molecule has 11 heteroatoms. The molecule has 0 aliphatic rings. The summed E-state index contributed by atoms with van der Waals surface area (Å²) in [5, 5.41) is 0.403. The van der Waals surface area contributed by atoms with Crippen LogP contribution in [0.25, 0.3) is 17.0 Å². The van der Waals surface area contributed by atoms with Crippen molar-refractivity contribution in [2.24, 2.45) is 0 Å². The van der Waals surface area contributed by atoms with Crippen LogP contribution in [0, 0.1) is 0 Å². The number of hydrogen-bond acceptors (Lipinski definition) is 5. The third-order valence-electron chi connectivity index (χ3n) is 4.70. The van der Waals surface area contributed by atoms with Gasteiger partial charge in [-0.25, -0.2) is 4.79 Å². The van der Waals surface area contributed by atoms with Gasteiger partial charge in [-0.3, -0.25) is 4.79 Å². The average Bonchev–Trinajstić information content (AvgIpc) is 2.82. The van der Waals surface area contributed by atoms with Crippen LogP contribution in [0.5, 0.6) is 17.2 Å². The van der Waals surface area contributed by atoms with Gasteiger partial charge in [-0.15, -0.1) is 0 Å². The standard InChI is InChI=1S/C25H12Cl3F3O5/c26-16-9-5-13(11-18(16)28)6-10-21(32)34-14-7-8-15-20(12-14)36-24(25(29,30)31)23(22(15)33)35-19-4-2-1-3-17(19)27/h1-12H. The highest BCUT2D eigenvalue weighted by Crippen LogP contribution is 2.39. The first-order valence-corrected chi connectivity index (χ1v) is 11.1. The van der Waals surface area contributed by atoms with Gasteiger partial charge in [0.15, 0.2) is 0 Å². The van der Waals surface area contributed by atoms with E-state index in [0.29, 0.717) is 10.6 Å². The molecule has 1 heterocycles. The number of para-hydroxylation sites is 1. The third kappa shape index (κ3) is 5.67. The van der Waals surface area contributed by atoms with E-state index in [1.807, 2.05) is 0 Å². The maximum absolute atomic E-state index is 13.7. The van der Waals surface area contributed by atoms with Crippen molar-refractivity contribution in [3.63, 3.8) is 0 Å². The second-order valence-corrected chi connectivity index (χ2v) is 8.43. The van der Waals surface area contributed by atoms with E-state index < -0.39 is 34.7 Å². The minimum atomic E-state index is -5.07. The molecule has 0 saturated heterocycles. The van der Waals surface area contributed by atoms with Crippen LogP contribution in [-0.2, 0) is 11.0 Å². The molecule has 5 nitrogen and oxygen atoms in total. The van der Waals surface area contributed by atoms with E-state index in [-0.39, 0.29) is 26.9 Å². The van der Waals surface area contributed by atoms with E-state index in [9.17, 15) is 22.8 Å². The Hall–Kier alpha value is -3.46. The molecule has 0 N–H and O–H groups in total. The maximum atomic E-state index is 13.7. The maximum Gasteiger partial charge on any atom is 0.453 e. The molecule has 1 aromatic heterocycles. The van der Waals surface area contributed by atoms with Gasteiger partial charge >= 0.3 is 12.1 Å². The molecule has 0 atom stereocenters. The Balaban J connectivity index is 1.66. The van der Waals surface area contributed by atoms with Gasteiger partial charge in [-0.05, 0) is 48.0 Å². The molecule has 0 aliphatic heterocycles. The minimum absolute atomic E-state index is 0.00121. The lowest BCUT2D eigenvalue weighted by Crippen LogP contribution is -2.15. The van der Waals surface area contributed by atoms with Crippen LogP contribution in [-0.4, -0.2) is 5.97 Å². The van der Waals surface area contributed by atoms with Gasteiger partial charge in [-0.1, -0.05) is 53.0 Å². The van der Waals surface area contributed by atoms with Crippen LogP contribution < -0.4 is 14.9 Å². The van der Waals surface area contributed by atoms with Crippen LogP contribution in [0.4, 0.5) is 13.2 Å². The summed E-state index contributed by atoms with van der Waals surface area (Å²) in [6.45, 7) is 0. The van der Waals surface area contributed by atoms with Crippen molar-refractivity contribution in [3.8, 4) is 17.2 Å². The highest BCUT2D eigenvalue weighted by Gasteiger charge is 2.40. The first kappa shape index (κ1) is 25.6. The van der Waals surface area contributed by atoms with Crippen molar-refractivity contribution in [1.82, 2.24) is 0 Å². The SMILES string of the molecule is O=C(C=Cc1ccc(Cl)c(Cl)c1)Oc1ccc2c(=O)c(Oc3ccccc3Cl)c(C(F)(F)F)oc2c1. The molecule has 0 amide bonds. The van der Waals surface area contributed by atoms with Crippen LogP contribution >= 0.6 is 34.8 Å². The number of hydrogen-bond donors (Lipinski definition) is 0. The largest absolute Gasteiger partial charge is 0.453 e. The Bertz CT molecular complexity index is 1560. The molecule has 0 saturated carbocycles. The zero-order valence-corrected chi connectivity index (χ0v) is 20.0. The summed E-state index contributed by atoms with van der Waals surface area (Å²) in [5.74, 6) is -3.88. The fourth-order valence-electron chi connectivity index (χ4n) is 3.07. The molecular weight excluding hydrogens is 544 g/mol. The van der Waals surface area contributed by atoms with Crippen LogP contribution in [0.2, 0.25) is 15.1 Å². The normalized spacial score (nSPS) is 11.7. The van der Waals surface area contributed by atoms with Crippen molar-refractivity contribution in [3.05, 3.63) is 103 Å². The fourth-order valence-corrected chi connectivity index (χ4v) is 3.55. The van der Waals surface area contributed by atoms with Gasteiger partial charge in [0.1, 0.15) is 17.1 Å². The first-order chi connectivity index (χ1) is 17.0. The highest BCUT2D eigenvalue weighted by molar-refractivity contribution is 6.42. The quantitative estimate of drug-likeness (QED) is 0.141. The molecule has 4 aromatic rings. The van der Waals surface area contributed by atoms with Crippen molar-refractivity contribution in [2.75, 3.05) is 0 Å². The first-order valence-electron chi connectivity index (χ1n) is 9.98. The van der Waals surface area contributed by atoms with E-state index >= 15 is 0 Å². The molecule has 0 fully saturated rings. The Morgan fingerprint density at radius 2 is 1.67 bits per heavy atom. The lowest BCUT2D eigenvalue weighted by molar-refractivity contribution is -0.154. The summed E-state index contributed by atoms with van der Waals surface area (Å²) < 4.78 is 56.5. The Morgan fingerprint density at radius 3 is 2.36 bits per heavy atom. The van der Waals surface area contributed by atoms with Gasteiger partial charge in [-0.2, -0.15) is 13.2 Å². The van der Waals surface area contributed by atoms with Gasteiger partial charge in [0.2, 0.25) is 11.2 Å². The van der Waals surface area contributed by atoms with Gasteiger partial charge in [0, 0.05) is 12.1 Å². The zero-order valence-electron chi connectivity index (χ0n) is 17.7. The van der Waals surface area contributed by atoms with E-state index in [0.717, 1.165) is 18.2 Å². The van der Waals surface area contributed by atoms with Crippen molar-refractivity contribution in [1.29, 1.82) is 0 Å². The molecule has 3 aromatic carbocycles. The number of rotatable bonds is 5. The van der Waals surface area contributed by atoms with Crippen LogP contribution in [0.1, 0.15) is 11.3 Å². The highest BCUT2D eigenvalue weighted by atomic mass is 35.5. The Kier molecular flexibility index (Phi) is 7.31. The predicted octanol–water partition coefficient (Wildman–Crippen LogP) is 8.18. The molecule has 0 radical (unpaired) electrons. The number of ether oxygens (including phenoxy) is 2. The van der Waals surface area contributed by atoms with Crippen molar-refractivity contribution < 1.29 is 31.9 Å². The Labute approximate surface area is 216 Å². The van der Waals surface area contributed by atoms with Crippen LogP contribution in [0.3, 0.4) is 0 Å². The summed E-state index contributed by atoms with van der Waals surface area (Å²) in [5.41, 5.74) is -0.981. The monoisotopic (exact) mass is 554 g/mol. The fraction of sp³-hybridized carbons (Fsp3) is 0.0400. The second kappa shape index (κ2) is 10.3. The van der Waals surface area contributed by atoms with E-state index in [1.54, 1.807) is 18.2 Å². The lowest BCUT2D eigenvalue weighted by atomic mass is 10.2. The smallest absolute Gasteiger partial charge is 0.448 e. The molecule has 36 heavy (non-hydrogen) atoms. The minimum Gasteiger partial charge on any atom is -0.448 e. The van der Waals surface area contributed by atoms with Crippen molar-refractivity contribution in [2.45, 2.75) is 6.18 Å². The predicted molar refractivity (Wildman–Crippen MR) is 130 cm³/mol. The summed E-state index contributed by atoms with van der Waals surface area (Å²) in [7, 11) is 0. The van der Waals surface area contributed by atoms with Crippen LogP contribution in [0.15, 0.2) is 76.0 Å². The number of benzene rings is 3. The second-order valence-electron chi connectivity index (χ2n) is 7.21. The average molecular weight is 556 g/mol. The van der Waals surface area contributed by atoms with Gasteiger partial charge < -0.3 is 13.9 Å². The van der Waals surface area contributed by atoms with E-state index in [4.69, 9.17) is 48.7 Å². The summed E-state index contributed by atoms with van der Waals surface area (Å²) in [4.78, 5) is 25.1. The third-order valence-corrected chi connectivity index (χ3v) is 5.75. The van der Waals surface area contributed by atoms with E-state index in [2.05, 4.69) is 0 Å². The Morgan fingerprint density at radius 1 is 0.917 bits per heavy atom. The lowest BCUT2D eigenvalue weighted by Gasteiger charge is -2.14. The zero-order chi connectivity index (χ0) is 26.0. The molecule has 0 unspecified atom stereocenters.